The Labute approximate surface area is 194 Å². The third kappa shape index (κ3) is 15.3. The Morgan fingerprint density at radius 3 is 1.57 bits per heavy atom. The van der Waals surface area contributed by atoms with E-state index in [0.29, 0.717) is 10.8 Å². The number of benzene rings is 1. The molecule has 0 aliphatic rings. The largest absolute Gasteiger partial charge is 0.123 e. The molecule has 0 aliphatic carbocycles. The Morgan fingerprint density at radius 1 is 0.700 bits per heavy atom. The van der Waals surface area contributed by atoms with Crippen molar-refractivity contribution in [2.45, 2.75) is 142 Å². The first-order valence-corrected chi connectivity index (χ1v) is 13.7. The molecule has 0 saturated heterocycles. The van der Waals surface area contributed by atoms with Gasteiger partial charge in [-0.1, -0.05) is 140 Å². The maximum Gasteiger partial charge on any atom is 0.0307 e. The average molecular weight is 435 g/mol. The first-order chi connectivity index (χ1) is 14.6. The zero-order valence-electron chi connectivity index (χ0n) is 20.6. The first kappa shape index (κ1) is 27.5. The van der Waals surface area contributed by atoms with Crippen LogP contribution in [0.2, 0.25) is 0 Å². The summed E-state index contributed by atoms with van der Waals surface area (Å²) in [5.41, 5.74) is 1.98. The van der Waals surface area contributed by atoms with Crippen LogP contribution in [0.3, 0.4) is 0 Å². The van der Waals surface area contributed by atoms with Gasteiger partial charge in [-0.05, 0) is 37.2 Å². The molecular weight excluding hydrogens is 384 g/mol. The van der Waals surface area contributed by atoms with Crippen LogP contribution in [-0.4, -0.2) is 5.38 Å². The van der Waals surface area contributed by atoms with Crippen molar-refractivity contribution in [3.63, 3.8) is 0 Å². The molecule has 0 saturated carbocycles. The summed E-state index contributed by atoms with van der Waals surface area (Å²) in [6.07, 6.45) is 25.0. The Bertz CT molecular complexity index is 480. The fourth-order valence-corrected chi connectivity index (χ4v) is 4.73. The summed E-state index contributed by atoms with van der Waals surface area (Å²) < 4.78 is 0. The Morgan fingerprint density at radius 2 is 1.13 bits per heavy atom. The molecule has 0 heterocycles. The summed E-state index contributed by atoms with van der Waals surface area (Å²) in [5, 5.41) is 0.362. The van der Waals surface area contributed by atoms with E-state index < -0.39 is 0 Å². The monoisotopic (exact) mass is 434 g/mol. The second-order valence-electron chi connectivity index (χ2n) is 10.1. The second-order valence-corrected chi connectivity index (χ2v) is 10.8. The number of halogens is 1. The number of hydrogen-bond acceptors (Lipinski definition) is 0. The molecule has 1 heteroatoms. The smallest absolute Gasteiger partial charge is 0.0307 e. The van der Waals surface area contributed by atoms with Crippen molar-refractivity contribution >= 4 is 11.6 Å². The molecule has 30 heavy (non-hydrogen) atoms. The van der Waals surface area contributed by atoms with Crippen molar-refractivity contribution in [2.24, 2.45) is 5.41 Å². The molecule has 0 N–H and O–H groups in total. The predicted molar refractivity (Wildman–Crippen MR) is 138 cm³/mol. The van der Waals surface area contributed by atoms with E-state index in [-0.39, 0.29) is 0 Å². The third-order valence-corrected chi connectivity index (χ3v) is 7.18. The molecule has 0 amide bonds. The highest BCUT2D eigenvalue weighted by Gasteiger charge is 2.21. The quantitative estimate of drug-likeness (QED) is 0.141. The summed E-state index contributed by atoms with van der Waals surface area (Å²) in [5.74, 6) is 0. The van der Waals surface area contributed by atoms with E-state index in [1.807, 2.05) is 0 Å². The molecule has 0 spiro atoms. The lowest BCUT2D eigenvalue weighted by Gasteiger charge is -2.28. The lowest BCUT2D eigenvalue weighted by Crippen LogP contribution is -2.18. The lowest BCUT2D eigenvalue weighted by molar-refractivity contribution is 0.270. The summed E-state index contributed by atoms with van der Waals surface area (Å²) in [6.45, 7) is 6.96. The molecule has 0 aromatic heterocycles. The van der Waals surface area contributed by atoms with Gasteiger partial charge in [0.2, 0.25) is 0 Å². The molecule has 2 unspecified atom stereocenters. The van der Waals surface area contributed by atoms with Crippen molar-refractivity contribution in [1.29, 1.82) is 0 Å². The molecule has 1 aromatic rings. The van der Waals surface area contributed by atoms with Crippen LogP contribution >= 0.6 is 11.6 Å². The average Bonchev–Trinajstić information content (AvgIpc) is 2.74. The summed E-state index contributed by atoms with van der Waals surface area (Å²) in [6, 6.07) is 11.1. The van der Waals surface area contributed by atoms with Crippen molar-refractivity contribution in [2.75, 3.05) is 0 Å². The highest BCUT2D eigenvalue weighted by atomic mass is 35.5. The molecule has 0 radical (unpaired) electrons. The molecule has 2 atom stereocenters. The van der Waals surface area contributed by atoms with Crippen molar-refractivity contribution in [1.82, 2.24) is 0 Å². The van der Waals surface area contributed by atoms with Crippen LogP contribution in [0.25, 0.3) is 0 Å². The van der Waals surface area contributed by atoms with Crippen molar-refractivity contribution < 1.29 is 0 Å². The third-order valence-electron chi connectivity index (χ3n) is 6.96. The van der Waals surface area contributed by atoms with Gasteiger partial charge >= 0.3 is 0 Å². The number of rotatable bonds is 20. The molecule has 0 fully saturated rings. The van der Waals surface area contributed by atoms with E-state index >= 15 is 0 Å². The van der Waals surface area contributed by atoms with Gasteiger partial charge in [-0.25, -0.2) is 0 Å². The van der Waals surface area contributed by atoms with E-state index in [1.54, 1.807) is 0 Å². The van der Waals surface area contributed by atoms with Crippen LogP contribution in [0.5, 0.6) is 0 Å². The Balaban J connectivity index is 1.88. The second kappa shape index (κ2) is 18.1. The number of unbranched alkanes of at least 4 members (excludes halogenated alkanes) is 13. The summed E-state index contributed by atoms with van der Waals surface area (Å²) in [4.78, 5) is 0. The van der Waals surface area contributed by atoms with Gasteiger partial charge < -0.3 is 0 Å². The van der Waals surface area contributed by atoms with Crippen LogP contribution < -0.4 is 0 Å². The van der Waals surface area contributed by atoms with Gasteiger partial charge in [0.25, 0.3) is 0 Å². The zero-order chi connectivity index (χ0) is 21.9. The normalized spacial score (nSPS) is 14.5. The number of alkyl halides is 1. The van der Waals surface area contributed by atoms with Gasteiger partial charge in [0.05, 0.1) is 0 Å². The molecule has 0 nitrogen and oxygen atoms in total. The highest BCUT2D eigenvalue weighted by Crippen LogP contribution is 2.32. The molecule has 0 aliphatic heterocycles. The molecule has 0 bridgehead atoms. The lowest BCUT2D eigenvalue weighted by atomic mass is 9.77. The Kier molecular flexibility index (Phi) is 16.6. The standard InChI is InChI=1S/C29H51Cl/c1-4-29(3,26-28-23-19-17-20-24-28)25-21-16-14-12-10-8-6-5-7-9-11-13-15-18-22-27(2)30/h17,19-20,23-24,27H,4-16,18,21-22,25-26H2,1-3H3. The van der Waals surface area contributed by atoms with Gasteiger partial charge in [-0.3, -0.25) is 0 Å². The van der Waals surface area contributed by atoms with Crippen LogP contribution in [0.1, 0.15) is 135 Å². The van der Waals surface area contributed by atoms with E-state index in [9.17, 15) is 0 Å². The van der Waals surface area contributed by atoms with Crippen molar-refractivity contribution in [3.8, 4) is 0 Å². The minimum absolute atomic E-state index is 0.362. The fraction of sp³-hybridized carbons (Fsp3) is 0.793. The Hall–Kier alpha value is -0.490. The maximum atomic E-state index is 5.99. The van der Waals surface area contributed by atoms with E-state index in [1.165, 1.54) is 121 Å². The van der Waals surface area contributed by atoms with Crippen LogP contribution in [0, 0.1) is 5.41 Å². The van der Waals surface area contributed by atoms with Gasteiger partial charge in [0, 0.05) is 5.38 Å². The fourth-order valence-electron chi connectivity index (χ4n) is 4.58. The van der Waals surface area contributed by atoms with E-state index in [2.05, 4.69) is 51.1 Å². The molecule has 1 rings (SSSR count). The van der Waals surface area contributed by atoms with Crippen LogP contribution in [-0.2, 0) is 6.42 Å². The van der Waals surface area contributed by atoms with E-state index in [0.717, 1.165) is 0 Å². The minimum atomic E-state index is 0.362. The van der Waals surface area contributed by atoms with Gasteiger partial charge in [-0.15, -0.1) is 11.6 Å². The van der Waals surface area contributed by atoms with Crippen LogP contribution in [0.15, 0.2) is 30.3 Å². The molecular formula is C29H51Cl. The SMILES string of the molecule is CCC(C)(CCCCCCCCCCCCCCCCC(C)Cl)Cc1ccccc1. The zero-order valence-corrected chi connectivity index (χ0v) is 21.3. The van der Waals surface area contributed by atoms with Gasteiger partial charge in [0.1, 0.15) is 0 Å². The molecule has 1 aromatic carbocycles. The minimum Gasteiger partial charge on any atom is -0.123 e. The predicted octanol–water partition coefficient (Wildman–Crippen LogP) is 10.5. The first-order valence-electron chi connectivity index (χ1n) is 13.2. The highest BCUT2D eigenvalue weighted by molar-refractivity contribution is 6.20. The van der Waals surface area contributed by atoms with Gasteiger partial charge in [-0.2, -0.15) is 0 Å². The number of hydrogen-bond donors (Lipinski definition) is 0. The van der Waals surface area contributed by atoms with Gasteiger partial charge in [0.15, 0.2) is 0 Å². The van der Waals surface area contributed by atoms with E-state index in [4.69, 9.17) is 11.6 Å². The molecule has 174 valence electrons. The maximum absolute atomic E-state index is 5.99. The van der Waals surface area contributed by atoms with Crippen LogP contribution in [0.4, 0.5) is 0 Å². The topological polar surface area (TPSA) is 0 Å². The van der Waals surface area contributed by atoms with Crippen molar-refractivity contribution in [3.05, 3.63) is 35.9 Å². The summed E-state index contributed by atoms with van der Waals surface area (Å²) >= 11 is 5.99. The summed E-state index contributed by atoms with van der Waals surface area (Å²) in [7, 11) is 0.